The Morgan fingerprint density at radius 1 is 1.36 bits per heavy atom. The summed E-state index contributed by atoms with van der Waals surface area (Å²) in [6.07, 6.45) is 6.81. The first-order chi connectivity index (χ1) is 6.77. The van der Waals surface area contributed by atoms with E-state index in [-0.39, 0.29) is 5.78 Å². The zero-order valence-corrected chi connectivity index (χ0v) is 7.71. The molecule has 2 heterocycles. The standard InChI is InChI=1S/C10H9N3O/c1-8(14)9-3-6-13(7-9)10-11-4-2-5-12-10/h2-7H,1H3. The van der Waals surface area contributed by atoms with Crippen molar-refractivity contribution in [3.8, 4) is 5.95 Å². The minimum Gasteiger partial charge on any atom is -0.294 e. The van der Waals surface area contributed by atoms with Gasteiger partial charge in [-0.3, -0.25) is 9.36 Å². The molecule has 0 N–H and O–H groups in total. The Hall–Kier alpha value is -1.97. The van der Waals surface area contributed by atoms with E-state index in [1.165, 1.54) is 6.92 Å². The quantitative estimate of drug-likeness (QED) is 0.669. The molecule has 4 heteroatoms. The average Bonchev–Trinajstić information content (AvgIpc) is 2.68. The number of hydrogen-bond donors (Lipinski definition) is 0. The second kappa shape index (κ2) is 3.41. The minimum atomic E-state index is 0.0414. The highest BCUT2D eigenvalue weighted by Gasteiger charge is 2.03. The molecule has 0 aliphatic carbocycles. The van der Waals surface area contributed by atoms with Crippen LogP contribution in [0.25, 0.3) is 5.95 Å². The SMILES string of the molecule is CC(=O)c1ccn(-c2ncccn2)c1. The van der Waals surface area contributed by atoms with E-state index in [0.29, 0.717) is 11.5 Å². The molecule has 0 bridgehead atoms. The van der Waals surface area contributed by atoms with Gasteiger partial charge >= 0.3 is 0 Å². The van der Waals surface area contributed by atoms with Crippen LogP contribution in [0.1, 0.15) is 17.3 Å². The molecule has 0 aliphatic rings. The summed E-state index contributed by atoms with van der Waals surface area (Å²) in [5.41, 5.74) is 0.664. The maximum absolute atomic E-state index is 11.0. The molecule has 2 rings (SSSR count). The van der Waals surface area contributed by atoms with Gasteiger partial charge in [0.25, 0.3) is 0 Å². The first-order valence-electron chi connectivity index (χ1n) is 4.24. The molecule has 0 radical (unpaired) electrons. The summed E-state index contributed by atoms with van der Waals surface area (Å²) in [5, 5.41) is 0. The highest BCUT2D eigenvalue weighted by molar-refractivity contribution is 5.93. The fraction of sp³-hybridized carbons (Fsp3) is 0.100. The smallest absolute Gasteiger partial charge is 0.233 e. The summed E-state index contributed by atoms with van der Waals surface area (Å²) >= 11 is 0. The Labute approximate surface area is 81.2 Å². The second-order valence-corrected chi connectivity index (χ2v) is 2.91. The lowest BCUT2D eigenvalue weighted by Gasteiger charge is -1.97. The monoisotopic (exact) mass is 187 g/mol. The van der Waals surface area contributed by atoms with Crippen molar-refractivity contribution in [1.29, 1.82) is 0 Å². The van der Waals surface area contributed by atoms with Crippen molar-refractivity contribution in [1.82, 2.24) is 14.5 Å². The molecule has 0 aliphatic heterocycles. The van der Waals surface area contributed by atoms with Crippen LogP contribution in [-0.4, -0.2) is 20.3 Å². The van der Waals surface area contributed by atoms with Crippen molar-refractivity contribution < 1.29 is 4.79 Å². The van der Waals surface area contributed by atoms with E-state index in [1.807, 2.05) is 0 Å². The second-order valence-electron chi connectivity index (χ2n) is 2.91. The maximum atomic E-state index is 11.0. The van der Waals surface area contributed by atoms with Gasteiger partial charge in [-0.05, 0) is 19.1 Å². The molecule has 2 aromatic heterocycles. The third kappa shape index (κ3) is 1.54. The van der Waals surface area contributed by atoms with Crippen molar-refractivity contribution in [3.05, 3.63) is 42.5 Å². The van der Waals surface area contributed by atoms with Crippen LogP contribution in [-0.2, 0) is 0 Å². The summed E-state index contributed by atoms with van der Waals surface area (Å²) in [6, 6.07) is 3.50. The Bertz CT molecular complexity index is 447. The van der Waals surface area contributed by atoms with E-state index in [1.54, 1.807) is 41.5 Å². The fourth-order valence-electron chi connectivity index (χ4n) is 1.15. The van der Waals surface area contributed by atoms with Gasteiger partial charge in [-0.1, -0.05) is 0 Å². The van der Waals surface area contributed by atoms with Crippen molar-refractivity contribution in [3.63, 3.8) is 0 Å². The lowest BCUT2D eigenvalue weighted by atomic mass is 10.2. The van der Waals surface area contributed by atoms with Crippen LogP contribution in [0.2, 0.25) is 0 Å². The van der Waals surface area contributed by atoms with Crippen LogP contribution >= 0.6 is 0 Å². The van der Waals surface area contributed by atoms with Crippen LogP contribution in [0.4, 0.5) is 0 Å². The number of hydrogen-bond acceptors (Lipinski definition) is 3. The average molecular weight is 187 g/mol. The molecule has 0 spiro atoms. The first kappa shape index (κ1) is 8.62. The number of Topliss-reactive ketones (excluding diaryl/α,β-unsaturated/α-hetero) is 1. The van der Waals surface area contributed by atoms with Crippen LogP contribution in [0.15, 0.2) is 36.9 Å². The molecule has 0 atom stereocenters. The molecular weight excluding hydrogens is 178 g/mol. The molecule has 0 aromatic carbocycles. The van der Waals surface area contributed by atoms with Gasteiger partial charge in [-0.25, -0.2) is 9.97 Å². The van der Waals surface area contributed by atoms with E-state index in [4.69, 9.17) is 0 Å². The van der Waals surface area contributed by atoms with Gasteiger partial charge < -0.3 is 0 Å². The van der Waals surface area contributed by atoms with Crippen molar-refractivity contribution >= 4 is 5.78 Å². The molecule has 0 saturated carbocycles. The van der Waals surface area contributed by atoms with E-state index < -0.39 is 0 Å². The van der Waals surface area contributed by atoms with E-state index in [0.717, 1.165) is 0 Å². The topological polar surface area (TPSA) is 47.8 Å². The molecule has 70 valence electrons. The fourth-order valence-corrected chi connectivity index (χ4v) is 1.15. The normalized spacial score (nSPS) is 10.1. The predicted octanol–water partition coefficient (Wildman–Crippen LogP) is 1.47. The van der Waals surface area contributed by atoms with E-state index >= 15 is 0 Å². The van der Waals surface area contributed by atoms with Gasteiger partial charge in [0.2, 0.25) is 5.95 Å². The lowest BCUT2D eigenvalue weighted by molar-refractivity contribution is 0.101. The summed E-state index contributed by atoms with van der Waals surface area (Å²) in [5.74, 6) is 0.611. The molecule has 4 nitrogen and oxygen atoms in total. The Balaban J connectivity index is 2.39. The first-order valence-corrected chi connectivity index (χ1v) is 4.24. The van der Waals surface area contributed by atoms with Gasteiger partial charge in [0.05, 0.1) is 0 Å². The number of carbonyl (C=O) groups excluding carboxylic acids is 1. The van der Waals surface area contributed by atoms with E-state index in [9.17, 15) is 4.79 Å². The maximum Gasteiger partial charge on any atom is 0.233 e. The third-order valence-corrected chi connectivity index (χ3v) is 1.88. The summed E-state index contributed by atoms with van der Waals surface area (Å²) < 4.78 is 1.72. The molecule has 14 heavy (non-hydrogen) atoms. The predicted molar refractivity (Wildman–Crippen MR) is 51.4 cm³/mol. The summed E-state index contributed by atoms with van der Waals surface area (Å²) in [6.45, 7) is 1.53. The van der Waals surface area contributed by atoms with Crippen LogP contribution in [0, 0.1) is 0 Å². The molecule has 0 saturated heterocycles. The van der Waals surface area contributed by atoms with Crippen molar-refractivity contribution in [2.24, 2.45) is 0 Å². The molecule has 0 fully saturated rings. The Morgan fingerprint density at radius 2 is 2.07 bits per heavy atom. The summed E-state index contributed by atoms with van der Waals surface area (Å²) in [4.78, 5) is 19.2. The Kier molecular flexibility index (Phi) is 2.10. The van der Waals surface area contributed by atoms with Crippen LogP contribution < -0.4 is 0 Å². The van der Waals surface area contributed by atoms with Gasteiger partial charge in [0.15, 0.2) is 5.78 Å². The van der Waals surface area contributed by atoms with Crippen molar-refractivity contribution in [2.45, 2.75) is 6.92 Å². The zero-order valence-electron chi connectivity index (χ0n) is 7.71. The highest BCUT2D eigenvalue weighted by Crippen LogP contribution is 2.05. The van der Waals surface area contributed by atoms with Gasteiger partial charge in [-0.15, -0.1) is 0 Å². The molecular formula is C10H9N3O. The molecule has 2 aromatic rings. The molecule has 0 unspecified atom stereocenters. The number of rotatable bonds is 2. The number of aromatic nitrogens is 3. The number of carbonyl (C=O) groups is 1. The van der Waals surface area contributed by atoms with Crippen LogP contribution in [0.5, 0.6) is 0 Å². The molecule has 0 amide bonds. The largest absolute Gasteiger partial charge is 0.294 e. The summed E-state index contributed by atoms with van der Waals surface area (Å²) in [7, 11) is 0. The number of nitrogens with zero attached hydrogens (tertiary/aromatic N) is 3. The van der Waals surface area contributed by atoms with Gasteiger partial charge in [-0.2, -0.15) is 0 Å². The van der Waals surface area contributed by atoms with Gasteiger partial charge in [0.1, 0.15) is 0 Å². The van der Waals surface area contributed by atoms with Crippen LogP contribution in [0.3, 0.4) is 0 Å². The van der Waals surface area contributed by atoms with Gasteiger partial charge in [0, 0.05) is 30.4 Å². The zero-order chi connectivity index (χ0) is 9.97. The third-order valence-electron chi connectivity index (χ3n) is 1.88. The highest BCUT2D eigenvalue weighted by atomic mass is 16.1. The van der Waals surface area contributed by atoms with Crippen molar-refractivity contribution in [2.75, 3.05) is 0 Å². The van der Waals surface area contributed by atoms with E-state index in [2.05, 4.69) is 9.97 Å². The lowest BCUT2D eigenvalue weighted by Crippen LogP contribution is -1.97. The number of ketones is 1. The minimum absolute atomic E-state index is 0.0414. The Morgan fingerprint density at radius 3 is 2.64 bits per heavy atom.